The molecule has 0 unspecified atom stereocenters. The predicted octanol–water partition coefficient (Wildman–Crippen LogP) is 3.17. The second-order valence-corrected chi connectivity index (χ2v) is 4.84. The first-order valence-corrected chi connectivity index (χ1v) is 6.44. The number of hydrogen-bond donors (Lipinski definition) is 1. The molecule has 1 amide bonds. The van der Waals surface area contributed by atoms with Crippen LogP contribution in [0.2, 0.25) is 0 Å². The van der Waals surface area contributed by atoms with Crippen molar-refractivity contribution in [3.8, 4) is 0 Å². The lowest BCUT2D eigenvalue weighted by Gasteiger charge is -2.28. The Hall–Kier alpha value is -2.11. The maximum absolute atomic E-state index is 13.5. The Morgan fingerprint density at radius 1 is 0.960 bits per heavy atom. The summed E-state index contributed by atoms with van der Waals surface area (Å²) in [5, 5.41) is 0.681. The lowest BCUT2D eigenvalue weighted by molar-refractivity contribution is -0.192. The minimum atomic E-state index is -5.74. The van der Waals surface area contributed by atoms with E-state index in [0.717, 1.165) is 6.92 Å². The molecule has 0 bridgehead atoms. The number of halogens is 9. The molecular formula is C12H6ClF8NO3. The summed E-state index contributed by atoms with van der Waals surface area (Å²) in [6.45, 7) is 0.458. The summed E-state index contributed by atoms with van der Waals surface area (Å²) in [6, 6.07) is 0. The highest BCUT2D eigenvalue weighted by Crippen LogP contribution is 2.36. The standard InChI is InChI=1S/C12H6ClF8NO3/c1-2-25-10(24)11(13,12(19,20)21)22-9(23)3-4(14)6(16)8(18)7(17)5(3)15/h2H2,1H3,(H,22,23)/t11-/m0/s1. The predicted molar refractivity (Wildman–Crippen MR) is 65.0 cm³/mol. The minimum absolute atomic E-state index is 0.623. The molecule has 0 saturated carbocycles. The van der Waals surface area contributed by atoms with Crippen LogP contribution < -0.4 is 5.32 Å². The van der Waals surface area contributed by atoms with Gasteiger partial charge in [-0.25, -0.2) is 26.7 Å². The zero-order valence-corrected chi connectivity index (χ0v) is 12.6. The van der Waals surface area contributed by atoms with Gasteiger partial charge in [0.15, 0.2) is 23.3 Å². The SMILES string of the molecule is CCOC(=O)[C@](Cl)(NC(=O)c1c(F)c(F)c(F)c(F)c1F)C(F)(F)F. The van der Waals surface area contributed by atoms with Crippen LogP contribution in [0.5, 0.6) is 0 Å². The van der Waals surface area contributed by atoms with E-state index in [1.807, 2.05) is 0 Å². The van der Waals surface area contributed by atoms with E-state index < -0.39 is 64.3 Å². The Morgan fingerprint density at radius 3 is 1.72 bits per heavy atom. The van der Waals surface area contributed by atoms with Gasteiger partial charge in [-0.15, -0.1) is 0 Å². The first-order valence-electron chi connectivity index (χ1n) is 6.06. The van der Waals surface area contributed by atoms with Crippen molar-refractivity contribution in [2.75, 3.05) is 6.61 Å². The van der Waals surface area contributed by atoms with Crippen molar-refractivity contribution in [2.24, 2.45) is 0 Å². The molecule has 1 N–H and O–H groups in total. The van der Waals surface area contributed by atoms with Crippen molar-refractivity contribution in [3.63, 3.8) is 0 Å². The Balaban J connectivity index is 3.44. The Morgan fingerprint density at radius 2 is 1.36 bits per heavy atom. The second-order valence-electron chi connectivity index (χ2n) is 4.28. The van der Waals surface area contributed by atoms with Gasteiger partial charge in [0.1, 0.15) is 5.56 Å². The van der Waals surface area contributed by atoms with Crippen LogP contribution in [-0.2, 0) is 9.53 Å². The highest BCUT2D eigenvalue weighted by molar-refractivity contribution is 6.35. The van der Waals surface area contributed by atoms with Gasteiger partial charge in [0.25, 0.3) is 5.91 Å². The van der Waals surface area contributed by atoms with Gasteiger partial charge in [-0.2, -0.15) is 13.2 Å². The average Bonchev–Trinajstić information content (AvgIpc) is 2.50. The maximum atomic E-state index is 13.5. The van der Waals surface area contributed by atoms with Gasteiger partial charge in [0, 0.05) is 0 Å². The van der Waals surface area contributed by atoms with Crippen LogP contribution in [0.4, 0.5) is 35.1 Å². The molecule has 1 aromatic rings. The van der Waals surface area contributed by atoms with Crippen LogP contribution in [0.1, 0.15) is 17.3 Å². The lowest BCUT2D eigenvalue weighted by Crippen LogP contribution is -2.60. The summed E-state index contributed by atoms with van der Waals surface area (Å²) in [5.74, 6) is -18.0. The normalized spacial score (nSPS) is 14.0. The highest BCUT2D eigenvalue weighted by atomic mass is 35.5. The third-order valence-electron chi connectivity index (χ3n) is 2.67. The number of rotatable bonds is 4. The monoisotopic (exact) mass is 399 g/mol. The molecule has 0 fully saturated rings. The van der Waals surface area contributed by atoms with E-state index in [2.05, 4.69) is 4.74 Å². The van der Waals surface area contributed by atoms with Gasteiger partial charge in [0.2, 0.25) is 5.82 Å². The van der Waals surface area contributed by atoms with E-state index in [1.54, 1.807) is 0 Å². The van der Waals surface area contributed by atoms with Gasteiger partial charge in [0.05, 0.1) is 6.61 Å². The Kier molecular flexibility index (Phi) is 5.88. The van der Waals surface area contributed by atoms with E-state index >= 15 is 0 Å². The van der Waals surface area contributed by atoms with Gasteiger partial charge in [-0.3, -0.25) is 4.79 Å². The number of carbonyl (C=O) groups excluding carboxylic acids is 2. The van der Waals surface area contributed by atoms with Crippen LogP contribution >= 0.6 is 11.6 Å². The van der Waals surface area contributed by atoms with Gasteiger partial charge < -0.3 is 10.1 Å². The zero-order chi connectivity index (χ0) is 19.7. The third kappa shape index (κ3) is 3.62. The van der Waals surface area contributed by atoms with Crippen LogP contribution in [0.3, 0.4) is 0 Å². The van der Waals surface area contributed by atoms with Crippen molar-refractivity contribution in [1.82, 2.24) is 5.32 Å². The summed E-state index contributed by atoms with van der Waals surface area (Å²) in [6.07, 6.45) is -5.74. The minimum Gasteiger partial charge on any atom is -0.463 e. The molecule has 0 spiro atoms. The van der Waals surface area contributed by atoms with E-state index in [9.17, 15) is 44.7 Å². The second kappa shape index (κ2) is 7.02. The molecule has 0 aliphatic carbocycles. The summed E-state index contributed by atoms with van der Waals surface area (Å²) in [7, 11) is 0. The first-order chi connectivity index (χ1) is 11.3. The molecule has 1 rings (SSSR count). The van der Waals surface area contributed by atoms with Crippen LogP contribution in [0.25, 0.3) is 0 Å². The van der Waals surface area contributed by atoms with Gasteiger partial charge in [-0.05, 0) is 6.92 Å². The molecule has 1 aromatic carbocycles. The summed E-state index contributed by atoms with van der Waals surface area (Å²) < 4.78 is 109. The van der Waals surface area contributed by atoms with E-state index in [4.69, 9.17) is 11.6 Å². The fourth-order valence-corrected chi connectivity index (χ4v) is 1.63. The molecule has 0 aliphatic heterocycles. The van der Waals surface area contributed by atoms with Crippen LogP contribution in [0, 0.1) is 29.1 Å². The Bertz CT molecular complexity index is 694. The smallest absolute Gasteiger partial charge is 0.437 e. The molecule has 13 heteroatoms. The fraction of sp³-hybridized carbons (Fsp3) is 0.333. The molecule has 4 nitrogen and oxygen atoms in total. The topological polar surface area (TPSA) is 55.4 Å². The number of amides is 1. The average molecular weight is 400 g/mol. The van der Waals surface area contributed by atoms with Crippen molar-refractivity contribution in [2.45, 2.75) is 18.1 Å². The highest BCUT2D eigenvalue weighted by Gasteiger charge is 2.62. The van der Waals surface area contributed by atoms with E-state index in [0.29, 0.717) is 5.32 Å². The maximum Gasteiger partial charge on any atom is 0.437 e. The molecular weight excluding hydrogens is 394 g/mol. The lowest BCUT2D eigenvalue weighted by atomic mass is 10.1. The Labute approximate surface area is 138 Å². The number of carbonyl (C=O) groups is 2. The number of ether oxygens (including phenoxy) is 1. The molecule has 0 aliphatic rings. The van der Waals surface area contributed by atoms with Crippen molar-refractivity contribution in [1.29, 1.82) is 0 Å². The molecule has 25 heavy (non-hydrogen) atoms. The van der Waals surface area contributed by atoms with Crippen molar-refractivity contribution < 1.29 is 49.4 Å². The summed E-state index contributed by atoms with van der Waals surface area (Å²) in [5.41, 5.74) is -2.25. The van der Waals surface area contributed by atoms with Crippen molar-refractivity contribution in [3.05, 3.63) is 34.6 Å². The van der Waals surface area contributed by atoms with Gasteiger partial charge >= 0.3 is 17.1 Å². The first kappa shape index (κ1) is 20.9. The van der Waals surface area contributed by atoms with Crippen LogP contribution in [-0.4, -0.2) is 29.7 Å². The van der Waals surface area contributed by atoms with Crippen molar-refractivity contribution >= 4 is 23.5 Å². The fourth-order valence-electron chi connectivity index (χ4n) is 1.49. The van der Waals surface area contributed by atoms with Gasteiger partial charge in [-0.1, -0.05) is 11.6 Å². The molecule has 1 atom stereocenters. The zero-order valence-electron chi connectivity index (χ0n) is 11.8. The number of benzene rings is 1. The molecule has 0 aromatic heterocycles. The number of alkyl halides is 4. The molecule has 0 saturated heterocycles. The number of hydrogen-bond acceptors (Lipinski definition) is 3. The molecule has 0 heterocycles. The molecule has 140 valence electrons. The largest absolute Gasteiger partial charge is 0.463 e. The number of nitrogens with one attached hydrogen (secondary N) is 1. The third-order valence-corrected chi connectivity index (χ3v) is 3.13. The quantitative estimate of drug-likeness (QED) is 0.211. The van der Waals surface area contributed by atoms with E-state index in [1.165, 1.54) is 0 Å². The van der Waals surface area contributed by atoms with Crippen LogP contribution in [0.15, 0.2) is 0 Å². The summed E-state index contributed by atoms with van der Waals surface area (Å²) in [4.78, 5) is 18.7. The summed E-state index contributed by atoms with van der Waals surface area (Å²) >= 11 is 4.97. The molecule has 0 radical (unpaired) electrons. The number of esters is 1. The van der Waals surface area contributed by atoms with E-state index in [-0.39, 0.29) is 0 Å².